The van der Waals surface area contributed by atoms with E-state index in [-0.39, 0.29) is 23.2 Å². The molecule has 1 atom stereocenters. The van der Waals surface area contributed by atoms with Crippen LogP contribution >= 0.6 is 11.6 Å². The average Bonchev–Trinajstić information content (AvgIpc) is 2.66. The number of nitro benzene ring substituents is 1. The van der Waals surface area contributed by atoms with Gasteiger partial charge in [-0.1, -0.05) is 48.0 Å². The first kappa shape index (κ1) is 22.1. The van der Waals surface area contributed by atoms with Crippen molar-refractivity contribution in [3.63, 3.8) is 0 Å². The molecule has 1 unspecified atom stereocenters. The molecule has 0 heterocycles. The van der Waals surface area contributed by atoms with Gasteiger partial charge < -0.3 is 10.1 Å². The molecule has 0 fully saturated rings. The van der Waals surface area contributed by atoms with E-state index in [9.17, 15) is 19.7 Å². The van der Waals surface area contributed by atoms with E-state index >= 15 is 0 Å². The van der Waals surface area contributed by atoms with Crippen LogP contribution in [0, 0.1) is 10.1 Å². The second kappa shape index (κ2) is 10.4. The molecule has 29 heavy (non-hydrogen) atoms. The fourth-order valence-electron chi connectivity index (χ4n) is 2.58. The maximum atomic E-state index is 12.4. The van der Waals surface area contributed by atoms with Gasteiger partial charge in [0.15, 0.2) is 0 Å². The molecule has 0 saturated carbocycles. The van der Waals surface area contributed by atoms with E-state index in [0.29, 0.717) is 5.56 Å². The summed E-state index contributed by atoms with van der Waals surface area (Å²) in [6.45, 7) is 3.50. The molecule has 7 nitrogen and oxygen atoms in total. The molecular weight excluding hydrogens is 396 g/mol. The maximum Gasteiger partial charge on any atom is 0.308 e. The molecular formula is C21H21ClN2O5. The number of hydrogen-bond acceptors (Lipinski definition) is 5. The van der Waals surface area contributed by atoms with Gasteiger partial charge in [-0.3, -0.25) is 19.7 Å². The summed E-state index contributed by atoms with van der Waals surface area (Å²) < 4.78 is 5.18. The van der Waals surface area contributed by atoms with Crippen LogP contribution in [0.1, 0.15) is 37.4 Å². The largest absolute Gasteiger partial charge is 0.463 e. The number of nitrogens with one attached hydrogen (secondary N) is 1. The number of esters is 1. The minimum Gasteiger partial charge on any atom is -0.463 e. The maximum absolute atomic E-state index is 12.4. The number of halogens is 1. The number of carbonyl (C=O) groups is 2. The summed E-state index contributed by atoms with van der Waals surface area (Å²) in [6, 6.07) is 12.7. The van der Waals surface area contributed by atoms with Gasteiger partial charge in [0.25, 0.3) is 5.69 Å². The van der Waals surface area contributed by atoms with Crippen molar-refractivity contribution in [1.82, 2.24) is 5.32 Å². The highest BCUT2D eigenvalue weighted by molar-refractivity contribution is 6.32. The van der Waals surface area contributed by atoms with Gasteiger partial charge in [0, 0.05) is 12.1 Å². The number of carbonyl (C=O) groups excluding carboxylic acids is 2. The van der Waals surface area contributed by atoms with Crippen molar-refractivity contribution < 1.29 is 19.2 Å². The zero-order valence-corrected chi connectivity index (χ0v) is 16.8. The number of benzene rings is 2. The van der Waals surface area contributed by atoms with E-state index in [1.807, 2.05) is 18.2 Å². The van der Waals surface area contributed by atoms with Crippen molar-refractivity contribution in [2.24, 2.45) is 0 Å². The Hall–Kier alpha value is -3.19. The Balaban J connectivity index is 2.13. The van der Waals surface area contributed by atoms with Gasteiger partial charge in [0.2, 0.25) is 5.91 Å². The van der Waals surface area contributed by atoms with Gasteiger partial charge in [-0.25, -0.2) is 0 Å². The fourth-order valence-corrected chi connectivity index (χ4v) is 2.77. The second-order valence-corrected chi connectivity index (χ2v) is 6.92. The topological polar surface area (TPSA) is 98.5 Å². The van der Waals surface area contributed by atoms with E-state index in [0.717, 1.165) is 5.56 Å². The van der Waals surface area contributed by atoms with Crippen LogP contribution in [0.4, 0.5) is 5.69 Å². The molecule has 0 spiro atoms. The van der Waals surface area contributed by atoms with Crippen molar-refractivity contribution in [3.05, 3.63) is 80.9 Å². The van der Waals surface area contributed by atoms with Crippen molar-refractivity contribution in [1.29, 1.82) is 0 Å². The summed E-state index contributed by atoms with van der Waals surface area (Å²) in [5.74, 6) is -0.875. The Labute approximate surface area is 173 Å². The Bertz CT molecular complexity index is 913. The van der Waals surface area contributed by atoms with E-state index in [4.69, 9.17) is 16.3 Å². The second-order valence-electron chi connectivity index (χ2n) is 6.52. The number of hydrogen-bond donors (Lipinski definition) is 1. The summed E-state index contributed by atoms with van der Waals surface area (Å²) in [6.07, 6.45) is 2.41. The monoisotopic (exact) mass is 416 g/mol. The highest BCUT2D eigenvalue weighted by atomic mass is 35.5. The Morgan fingerprint density at radius 3 is 2.52 bits per heavy atom. The Morgan fingerprint density at radius 2 is 1.90 bits per heavy atom. The highest BCUT2D eigenvalue weighted by Crippen LogP contribution is 2.25. The van der Waals surface area contributed by atoms with E-state index in [2.05, 4.69) is 5.32 Å². The first-order chi connectivity index (χ1) is 13.8. The average molecular weight is 417 g/mol. The van der Waals surface area contributed by atoms with Gasteiger partial charge in [-0.15, -0.1) is 0 Å². The fraction of sp³-hybridized carbons (Fsp3) is 0.238. The number of nitrogens with zero attached hydrogens (tertiary/aromatic N) is 1. The zero-order chi connectivity index (χ0) is 21.4. The third-order valence-electron chi connectivity index (χ3n) is 3.85. The van der Waals surface area contributed by atoms with Crippen molar-refractivity contribution in [3.8, 4) is 0 Å². The number of nitro groups is 1. The Kier molecular flexibility index (Phi) is 7.91. The minimum absolute atomic E-state index is 0.0180. The molecule has 0 aliphatic rings. The summed E-state index contributed by atoms with van der Waals surface area (Å²) in [4.78, 5) is 34.8. The van der Waals surface area contributed by atoms with Gasteiger partial charge in [-0.2, -0.15) is 0 Å². The molecule has 0 aromatic heterocycles. The molecule has 0 aliphatic heterocycles. The lowest BCUT2D eigenvalue weighted by Gasteiger charge is -2.18. The van der Waals surface area contributed by atoms with Crippen LogP contribution < -0.4 is 5.32 Å². The van der Waals surface area contributed by atoms with Crippen molar-refractivity contribution >= 4 is 35.2 Å². The zero-order valence-electron chi connectivity index (χ0n) is 16.0. The normalized spacial score (nSPS) is 12.0. The van der Waals surface area contributed by atoms with Crippen LogP contribution in [0.15, 0.2) is 54.6 Å². The smallest absolute Gasteiger partial charge is 0.308 e. The molecule has 152 valence electrons. The lowest BCUT2D eigenvalue weighted by molar-refractivity contribution is -0.384. The van der Waals surface area contributed by atoms with Crippen molar-refractivity contribution in [2.45, 2.75) is 32.4 Å². The van der Waals surface area contributed by atoms with E-state index in [1.165, 1.54) is 24.3 Å². The summed E-state index contributed by atoms with van der Waals surface area (Å²) in [7, 11) is 0. The lowest BCUT2D eigenvalue weighted by atomic mass is 10.0. The van der Waals surface area contributed by atoms with Crippen LogP contribution in [0.2, 0.25) is 5.02 Å². The Morgan fingerprint density at radius 1 is 1.21 bits per heavy atom. The van der Waals surface area contributed by atoms with Crippen LogP contribution in [0.5, 0.6) is 0 Å². The molecule has 2 rings (SSSR count). The molecule has 2 aromatic carbocycles. The van der Waals surface area contributed by atoms with Crippen LogP contribution in [-0.2, 0) is 14.3 Å². The first-order valence-corrected chi connectivity index (χ1v) is 9.31. The number of amides is 1. The van der Waals surface area contributed by atoms with Crippen LogP contribution in [0.25, 0.3) is 6.08 Å². The number of ether oxygens (including phenoxy) is 1. The van der Waals surface area contributed by atoms with Gasteiger partial charge in [-0.05, 0) is 37.1 Å². The molecule has 0 saturated heterocycles. The number of rotatable bonds is 8. The lowest BCUT2D eigenvalue weighted by Crippen LogP contribution is -2.29. The molecule has 0 bridgehead atoms. The molecule has 8 heteroatoms. The van der Waals surface area contributed by atoms with Crippen molar-refractivity contribution in [2.75, 3.05) is 0 Å². The van der Waals surface area contributed by atoms with Gasteiger partial charge >= 0.3 is 5.97 Å². The standard InChI is InChI=1S/C21H21ClN2O5/c1-14(2)29-21(26)13-18(16-6-4-3-5-7-16)23-20(25)11-9-15-8-10-17(22)19(12-15)24(27)28/h3-12,14,18H,13H2,1-2H3,(H,23,25)/b11-9+. The molecule has 0 aliphatic carbocycles. The molecule has 1 N–H and O–H groups in total. The molecule has 1 amide bonds. The highest BCUT2D eigenvalue weighted by Gasteiger charge is 2.19. The van der Waals surface area contributed by atoms with E-state index < -0.39 is 22.8 Å². The first-order valence-electron chi connectivity index (χ1n) is 8.93. The summed E-state index contributed by atoms with van der Waals surface area (Å²) in [5.41, 5.74) is 0.969. The summed E-state index contributed by atoms with van der Waals surface area (Å²) >= 11 is 5.79. The molecule has 2 aromatic rings. The SMILES string of the molecule is CC(C)OC(=O)CC(NC(=O)/C=C/c1ccc(Cl)c([N+](=O)[O-])c1)c1ccccc1. The predicted octanol–water partition coefficient (Wildman–Crippen LogP) is 4.46. The van der Waals surface area contributed by atoms with Crippen LogP contribution in [0.3, 0.4) is 0 Å². The van der Waals surface area contributed by atoms with Crippen LogP contribution in [-0.4, -0.2) is 22.9 Å². The third-order valence-corrected chi connectivity index (χ3v) is 4.17. The predicted molar refractivity (Wildman–Crippen MR) is 110 cm³/mol. The van der Waals surface area contributed by atoms with Gasteiger partial charge in [0.1, 0.15) is 5.02 Å². The molecule has 0 radical (unpaired) electrons. The van der Waals surface area contributed by atoms with E-state index in [1.54, 1.807) is 32.0 Å². The summed E-state index contributed by atoms with van der Waals surface area (Å²) in [5, 5.41) is 13.8. The minimum atomic E-state index is -0.592. The quantitative estimate of drug-likeness (QED) is 0.296. The van der Waals surface area contributed by atoms with Gasteiger partial charge in [0.05, 0.1) is 23.5 Å². The third kappa shape index (κ3) is 7.04.